The molecule has 0 aromatic carbocycles. The number of unbranched alkanes of at least 4 members (excludes halogenated alkanes) is 5. The van der Waals surface area contributed by atoms with E-state index in [-0.39, 0.29) is 0 Å². The molecule has 0 aliphatic carbocycles. The Kier molecular flexibility index (Phi) is 12.0. The lowest BCUT2D eigenvalue weighted by Gasteiger charge is -2.27. The molecule has 26 heavy (non-hydrogen) atoms. The number of hydrogen-bond acceptors (Lipinski definition) is 4. The monoisotopic (exact) mass is 372 g/mol. The zero-order valence-corrected chi connectivity index (χ0v) is 17.1. The molecule has 0 spiro atoms. The van der Waals surface area contributed by atoms with E-state index in [0.29, 0.717) is 19.3 Å². The minimum atomic E-state index is -1.22. The zero-order valence-electron chi connectivity index (χ0n) is 17.1. The average molecular weight is 373 g/mol. The normalized spacial score (nSPS) is 17.2. The van der Waals surface area contributed by atoms with Gasteiger partial charge in [-0.3, -0.25) is 4.79 Å². The summed E-state index contributed by atoms with van der Waals surface area (Å²) in [7, 11) is 0. The van der Waals surface area contributed by atoms with Crippen LogP contribution in [0.4, 0.5) is 0 Å². The van der Waals surface area contributed by atoms with E-state index >= 15 is 0 Å². The molecule has 5 nitrogen and oxygen atoms in total. The summed E-state index contributed by atoms with van der Waals surface area (Å²) in [5.41, 5.74) is -1.91. The molecular formula is C21H40O5. The molecule has 0 bridgehead atoms. The van der Waals surface area contributed by atoms with Crippen LogP contribution in [0.1, 0.15) is 91.9 Å². The summed E-state index contributed by atoms with van der Waals surface area (Å²) in [6.45, 7) is 7.19. The predicted octanol–water partition coefficient (Wildman–Crippen LogP) is 4.05. The van der Waals surface area contributed by atoms with Crippen LogP contribution in [0.5, 0.6) is 0 Å². The number of carbonyl (C=O) groups is 1. The largest absolute Gasteiger partial charge is 0.481 e. The van der Waals surface area contributed by atoms with E-state index in [0.717, 1.165) is 44.9 Å². The fraction of sp³-hybridized carbons (Fsp3) is 0.857. The highest BCUT2D eigenvalue weighted by Gasteiger charge is 2.28. The Morgan fingerprint density at radius 3 is 2.04 bits per heavy atom. The highest BCUT2D eigenvalue weighted by atomic mass is 16.4. The fourth-order valence-corrected chi connectivity index (χ4v) is 2.80. The Hall–Kier alpha value is -0.910. The minimum absolute atomic E-state index is 0.465. The van der Waals surface area contributed by atoms with Crippen LogP contribution < -0.4 is 0 Å². The summed E-state index contributed by atoms with van der Waals surface area (Å²) in [6, 6.07) is 0. The first-order valence-electron chi connectivity index (χ1n) is 10.0. The lowest BCUT2D eigenvalue weighted by atomic mass is 9.86. The van der Waals surface area contributed by atoms with E-state index in [9.17, 15) is 20.1 Å². The molecule has 0 saturated heterocycles. The Morgan fingerprint density at radius 1 is 0.923 bits per heavy atom. The fourth-order valence-electron chi connectivity index (χ4n) is 2.80. The number of aliphatic carboxylic acids is 1. The van der Waals surface area contributed by atoms with Gasteiger partial charge in [0.2, 0.25) is 0 Å². The van der Waals surface area contributed by atoms with E-state index < -0.39 is 29.2 Å². The third kappa shape index (κ3) is 10.9. The van der Waals surface area contributed by atoms with Gasteiger partial charge in [0.15, 0.2) is 0 Å². The molecule has 154 valence electrons. The van der Waals surface area contributed by atoms with Crippen LogP contribution in [0.25, 0.3) is 0 Å². The number of rotatable bonds is 15. The van der Waals surface area contributed by atoms with Gasteiger partial charge in [-0.15, -0.1) is 0 Å². The molecule has 4 N–H and O–H groups in total. The molecule has 0 rings (SSSR count). The standard InChI is InChI=1S/C21H40O5/c1-5-6-9-12-17(22)13-14-18(23)21(4,26)16-11-8-7-10-15-20(2,3)19(24)25/h13-14,17-18,22-23,26H,5-12,15-16H2,1-4H3,(H,24,25)/b14-13+. The number of carboxylic acids is 1. The van der Waals surface area contributed by atoms with Gasteiger partial charge in [-0.2, -0.15) is 0 Å². The van der Waals surface area contributed by atoms with Crippen LogP contribution in [-0.4, -0.2) is 44.2 Å². The second-order valence-corrected chi connectivity index (χ2v) is 8.35. The Morgan fingerprint density at radius 2 is 1.50 bits per heavy atom. The van der Waals surface area contributed by atoms with Gasteiger partial charge in [0.1, 0.15) is 6.10 Å². The van der Waals surface area contributed by atoms with Crippen molar-refractivity contribution in [2.75, 3.05) is 0 Å². The van der Waals surface area contributed by atoms with Gasteiger partial charge in [0.05, 0.1) is 17.1 Å². The lowest BCUT2D eigenvalue weighted by Crippen LogP contribution is -2.38. The molecule has 0 fully saturated rings. The van der Waals surface area contributed by atoms with Crippen molar-refractivity contribution in [2.24, 2.45) is 5.41 Å². The van der Waals surface area contributed by atoms with Gasteiger partial charge in [0.25, 0.3) is 0 Å². The first kappa shape index (κ1) is 25.1. The van der Waals surface area contributed by atoms with E-state index in [1.54, 1.807) is 26.8 Å². The molecule has 0 amide bonds. The Bertz CT molecular complexity index is 415. The van der Waals surface area contributed by atoms with Crippen LogP contribution >= 0.6 is 0 Å². The first-order valence-corrected chi connectivity index (χ1v) is 10.0. The summed E-state index contributed by atoms with van der Waals surface area (Å²) in [6.07, 6.45) is 9.80. The van der Waals surface area contributed by atoms with Crippen LogP contribution in [0, 0.1) is 5.41 Å². The smallest absolute Gasteiger partial charge is 0.309 e. The topological polar surface area (TPSA) is 98.0 Å². The van der Waals surface area contributed by atoms with Crippen LogP contribution in [0.2, 0.25) is 0 Å². The lowest BCUT2D eigenvalue weighted by molar-refractivity contribution is -0.147. The van der Waals surface area contributed by atoms with Crippen molar-refractivity contribution >= 4 is 5.97 Å². The van der Waals surface area contributed by atoms with E-state index in [2.05, 4.69) is 6.92 Å². The van der Waals surface area contributed by atoms with E-state index in [1.807, 2.05) is 0 Å². The maximum Gasteiger partial charge on any atom is 0.309 e. The molecule has 0 aliphatic heterocycles. The van der Waals surface area contributed by atoms with Gasteiger partial charge in [-0.1, -0.05) is 64.0 Å². The van der Waals surface area contributed by atoms with Crippen molar-refractivity contribution in [1.82, 2.24) is 0 Å². The third-order valence-corrected chi connectivity index (χ3v) is 5.07. The molecule has 0 radical (unpaired) electrons. The molecular weight excluding hydrogens is 332 g/mol. The number of carboxylic acid groups (broad SMARTS) is 1. The van der Waals surface area contributed by atoms with Gasteiger partial charge < -0.3 is 20.4 Å². The highest BCUT2D eigenvalue weighted by molar-refractivity contribution is 5.73. The third-order valence-electron chi connectivity index (χ3n) is 5.07. The van der Waals surface area contributed by atoms with Crippen molar-refractivity contribution < 1.29 is 25.2 Å². The highest BCUT2D eigenvalue weighted by Crippen LogP contribution is 2.25. The SMILES string of the molecule is CCCCCC(O)/C=C/C(O)C(C)(O)CCCCCCC(C)(C)C(=O)O. The molecule has 0 heterocycles. The van der Waals surface area contributed by atoms with Crippen molar-refractivity contribution in [1.29, 1.82) is 0 Å². The average Bonchev–Trinajstić information content (AvgIpc) is 2.55. The van der Waals surface area contributed by atoms with E-state index in [4.69, 9.17) is 5.11 Å². The maximum atomic E-state index is 11.0. The molecule has 3 unspecified atom stereocenters. The number of aliphatic hydroxyl groups excluding tert-OH is 2. The van der Waals surface area contributed by atoms with Gasteiger partial charge in [0, 0.05) is 0 Å². The predicted molar refractivity (Wildman–Crippen MR) is 105 cm³/mol. The molecule has 3 atom stereocenters. The Labute approximate surface area is 159 Å². The summed E-state index contributed by atoms with van der Waals surface area (Å²) in [5.74, 6) is -0.771. The summed E-state index contributed by atoms with van der Waals surface area (Å²) in [5, 5.41) is 39.5. The summed E-state index contributed by atoms with van der Waals surface area (Å²) >= 11 is 0. The second-order valence-electron chi connectivity index (χ2n) is 8.35. The second kappa shape index (κ2) is 12.5. The zero-order chi connectivity index (χ0) is 20.2. The molecule has 0 aromatic rings. The molecule has 5 heteroatoms. The molecule has 0 aromatic heterocycles. The van der Waals surface area contributed by atoms with Crippen molar-refractivity contribution in [2.45, 2.75) is 110 Å². The Balaban J connectivity index is 4.06. The maximum absolute atomic E-state index is 11.0. The quantitative estimate of drug-likeness (QED) is 0.257. The minimum Gasteiger partial charge on any atom is -0.481 e. The first-order chi connectivity index (χ1) is 12.0. The molecule has 0 saturated carbocycles. The van der Waals surface area contributed by atoms with Crippen molar-refractivity contribution in [3.63, 3.8) is 0 Å². The van der Waals surface area contributed by atoms with Gasteiger partial charge in [-0.25, -0.2) is 0 Å². The number of aliphatic hydroxyl groups is 3. The van der Waals surface area contributed by atoms with Crippen LogP contribution in [0.3, 0.4) is 0 Å². The van der Waals surface area contributed by atoms with Crippen LogP contribution in [0.15, 0.2) is 12.2 Å². The number of hydrogen-bond donors (Lipinski definition) is 4. The van der Waals surface area contributed by atoms with Crippen LogP contribution in [-0.2, 0) is 4.79 Å². The van der Waals surface area contributed by atoms with Crippen molar-refractivity contribution in [3.05, 3.63) is 12.2 Å². The molecule has 0 aliphatic rings. The summed E-state index contributed by atoms with van der Waals surface area (Å²) in [4.78, 5) is 11.0. The van der Waals surface area contributed by atoms with Gasteiger partial charge in [-0.05, 0) is 40.0 Å². The van der Waals surface area contributed by atoms with Gasteiger partial charge >= 0.3 is 5.97 Å². The van der Waals surface area contributed by atoms with E-state index in [1.165, 1.54) is 6.08 Å². The summed E-state index contributed by atoms with van der Waals surface area (Å²) < 4.78 is 0. The van der Waals surface area contributed by atoms with Crippen molar-refractivity contribution in [3.8, 4) is 0 Å².